The molecule has 0 heterocycles. The van der Waals surface area contributed by atoms with Crippen molar-refractivity contribution in [2.24, 2.45) is 0 Å². The van der Waals surface area contributed by atoms with Gasteiger partial charge in [0.25, 0.3) is 0 Å². The summed E-state index contributed by atoms with van der Waals surface area (Å²) in [6, 6.07) is 1.82. The van der Waals surface area contributed by atoms with Gasteiger partial charge in [0, 0.05) is 17.1 Å². The van der Waals surface area contributed by atoms with Crippen molar-refractivity contribution in [1.82, 2.24) is 4.72 Å². The summed E-state index contributed by atoms with van der Waals surface area (Å²) in [7, 11) is -1.68. The first-order valence-corrected chi connectivity index (χ1v) is 8.15. The fourth-order valence-electron chi connectivity index (χ4n) is 1.88. The number of nitrogens with one attached hydrogen (secondary N) is 1. The Morgan fingerprint density at radius 1 is 1.37 bits per heavy atom. The fourth-order valence-corrected chi connectivity index (χ4v) is 3.10. The van der Waals surface area contributed by atoms with Gasteiger partial charge < -0.3 is 4.74 Å². The van der Waals surface area contributed by atoms with E-state index in [9.17, 15) is 8.42 Å². The largest absolute Gasteiger partial charge is 0.496 e. The van der Waals surface area contributed by atoms with Crippen LogP contribution in [0.25, 0.3) is 0 Å². The molecule has 0 fully saturated rings. The monoisotopic (exact) mass is 305 g/mol. The average molecular weight is 306 g/mol. The summed E-state index contributed by atoms with van der Waals surface area (Å²) in [5, 5.41) is 0.644. The lowest BCUT2D eigenvalue weighted by molar-refractivity contribution is 0.408. The van der Waals surface area contributed by atoms with Crippen molar-refractivity contribution in [2.75, 3.05) is 12.9 Å². The van der Waals surface area contributed by atoms with E-state index < -0.39 is 10.0 Å². The van der Waals surface area contributed by atoms with Gasteiger partial charge in [-0.15, -0.1) is 0 Å². The molecule has 4 nitrogen and oxygen atoms in total. The molecule has 0 radical (unpaired) electrons. The van der Waals surface area contributed by atoms with Crippen LogP contribution in [0.5, 0.6) is 5.75 Å². The maximum Gasteiger partial charge on any atom is 0.211 e. The van der Waals surface area contributed by atoms with Gasteiger partial charge in [-0.05, 0) is 37.5 Å². The summed E-state index contributed by atoms with van der Waals surface area (Å²) in [4.78, 5) is 0. The summed E-state index contributed by atoms with van der Waals surface area (Å²) < 4.78 is 31.2. The molecule has 108 valence electrons. The van der Waals surface area contributed by atoms with Gasteiger partial charge >= 0.3 is 0 Å². The number of halogens is 1. The van der Waals surface area contributed by atoms with E-state index in [1.165, 1.54) is 0 Å². The third-order valence-corrected chi connectivity index (χ3v) is 5.05. The van der Waals surface area contributed by atoms with E-state index in [2.05, 4.69) is 4.72 Å². The molecule has 0 aliphatic heterocycles. The molecule has 0 saturated carbocycles. The van der Waals surface area contributed by atoms with E-state index in [4.69, 9.17) is 16.3 Å². The van der Waals surface area contributed by atoms with E-state index in [1.807, 2.05) is 26.8 Å². The molecular weight excluding hydrogens is 286 g/mol. The van der Waals surface area contributed by atoms with Crippen molar-refractivity contribution in [1.29, 1.82) is 0 Å². The maximum atomic E-state index is 11.7. The Hall–Kier alpha value is -0.780. The standard InChI is InChI=1S/C13H20ClNO3S/c1-5-6-19(16,17)15-8-11-10(3)13(14)9(2)7-12(11)18-4/h7,15H,5-6,8H2,1-4H3. The van der Waals surface area contributed by atoms with Crippen LogP contribution in [-0.2, 0) is 16.6 Å². The molecule has 1 aromatic rings. The Bertz CT molecular complexity index is 555. The van der Waals surface area contributed by atoms with E-state index in [-0.39, 0.29) is 12.3 Å². The second-order valence-corrected chi connectivity index (χ2v) is 6.76. The van der Waals surface area contributed by atoms with Crippen LogP contribution in [0.15, 0.2) is 6.07 Å². The minimum absolute atomic E-state index is 0.119. The van der Waals surface area contributed by atoms with Crippen LogP contribution < -0.4 is 9.46 Å². The zero-order valence-electron chi connectivity index (χ0n) is 11.7. The lowest BCUT2D eigenvalue weighted by atomic mass is 10.0. The highest BCUT2D eigenvalue weighted by Crippen LogP contribution is 2.31. The second-order valence-electron chi connectivity index (χ2n) is 4.45. The van der Waals surface area contributed by atoms with Crippen molar-refractivity contribution in [3.63, 3.8) is 0 Å². The van der Waals surface area contributed by atoms with Gasteiger partial charge in [-0.1, -0.05) is 18.5 Å². The van der Waals surface area contributed by atoms with E-state index in [0.717, 1.165) is 16.7 Å². The Balaban J connectivity index is 3.04. The van der Waals surface area contributed by atoms with Crippen LogP contribution in [-0.4, -0.2) is 21.3 Å². The number of ether oxygens (including phenoxy) is 1. The smallest absolute Gasteiger partial charge is 0.211 e. The van der Waals surface area contributed by atoms with Crippen molar-refractivity contribution in [3.05, 3.63) is 27.8 Å². The summed E-state index contributed by atoms with van der Waals surface area (Å²) in [5.41, 5.74) is 2.53. The SMILES string of the molecule is CCCS(=O)(=O)NCc1c(OC)cc(C)c(Cl)c1C. The molecule has 1 rings (SSSR count). The van der Waals surface area contributed by atoms with E-state index in [0.29, 0.717) is 17.2 Å². The van der Waals surface area contributed by atoms with Gasteiger partial charge in [0.2, 0.25) is 10.0 Å². The van der Waals surface area contributed by atoms with Gasteiger partial charge in [0.1, 0.15) is 5.75 Å². The quantitative estimate of drug-likeness (QED) is 0.879. The van der Waals surface area contributed by atoms with Gasteiger partial charge in [-0.2, -0.15) is 0 Å². The summed E-state index contributed by atoms with van der Waals surface area (Å²) in [6.45, 7) is 5.77. The van der Waals surface area contributed by atoms with Crippen LogP contribution >= 0.6 is 11.6 Å². The number of methoxy groups -OCH3 is 1. The van der Waals surface area contributed by atoms with Crippen molar-refractivity contribution < 1.29 is 13.2 Å². The molecule has 0 aliphatic rings. The third-order valence-electron chi connectivity index (χ3n) is 2.93. The van der Waals surface area contributed by atoms with Crippen LogP contribution in [0.4, 0.5) is 0 Å². The highest BCUT2D eigenvalue weighted by atomic mass is 35.5. The second kappa shape index (κ2) is 6.59. The van der Waals surface area contributed by atoms with Gasteiger partial charge in [-0.25, -0.2) is 13.1 Å². The Morgan fingerprint density at radius 3 is 2.53 bits per heavy atom. The first kappa shape index (κ1) is 16.3. The highest BCUT2D eigenvalue weighted by molar-refractivity contribution is 7.89. The van der Waals surface area contributed by atoms with Crippen molar-refractivity contribution in [3.8, 4) is 5.75 Å². The number of sulfonamides is 1. The molecule has 1 N–H and O–H groups in total. The van der Waals surface area contributed by atoms with Crippen molar-refractivity contribution in [2.45, 2.75) is 33.7 Å². The predicted octanol–water partition coefficient (Wildman–Crippen LogP) is 2.79. The first-order chi connectivity index (χ1) is 8.82. The maximum absolute atomic E-state index is 11.7. The summed E-state index contributed by atoms with van der Waals surface area (Å²) in [5.74, 6) is 0.770. The number of benzene rings is 1. The molecule has 0 unspecified atom stereocenters. The van der Waals surface area contributed by atoms with Gasteiger partial charge in [0.05, 0.1) is 12.9 Å². The Kier molecular flexibility index (Phi) is 5.64. The number of hydrogen-bond donors (Lipinski definition) is 1. The minimum atomic E-state index is -3.24. The van der Waals surface area contributed by atoms with Crippen LogP contribution in [0.3, 0.4) is 0 Å². The molecule has 0 aliphatic carbocycles. The highest BCUT2D eigenvalue weighted by Gasteiger charge is 2.15. The average Bonchev–Trinajstić information content (AvgIpc) is 2.34. The summed E-state index contributed by atoms with van der Waals surface area (Å²) in [6.07, 6.45) is 0.583. The summed E-state index contributed by atoms with van der Waals surface area (Å²) >= 11 is 6.19. The fraction of sp³-hybridized carbons (Fsp3) is 0.538. The van der Waals surface area contributed by atoms with E-state index in [1.54, 1.807) is 7.11 Å². The van der Waals surface area contributed by atoms with E-state index >= 15 is 0 Å². The topological polar surface area (TPSA) is 55.4 Å². The molecule has 0 spiro atoms. The molecule has 0 amide bonds. The molecule has 0 bridgehead atoms. The Morgan fingerprint density at radius 2 is 2.00 bits per heavy atom. The molecular formula is C13H20ClNO3S. The first-order valence-electron chi connectivity index (χ1n) is 6.12. The van der Waals surface area contributed by atoms with Crippen LogP contribution in [0.2, 0.25) is 5.02 Å². The minimum Gasteiger partial charge on any atom is -0.496 e. The molecule has 0 atom stereocenters. The zero-order valence-corrected chi connectivity index (χ0v) is 13.3. The normalized spacial score (nSPS) is 11.6. The molecule has 19 heavy (non-hydrogen) atoms. The van der Waals surface area contributed by atoms with Crippen LogP contribution in [0, 0.1) is 13.8 Å². The lowest BCUT2D eigenvalue weighted by Crippen LogP contribution is -2.26. The van der Waals surface area contributed by atoms with Gasteiger partial charge in [-0.3, -0.25) is 0 Å². The third kappa shape index (κ3) is 4.09. The molecule has 6 heteroatoms. The molecule has 0 saturated heterocycles. The number of hydrogen-bond acceptors (Lipinski definition) is 3. The number of aryl methyl sites for hydroxylation is 1. The number of rotatable bonds is 6. The van der Waals surface area contributed by atoms with Crippen molar-refractivity contribution >= 4 is 21.6 Å². The molecule has 0 aromatic heterocycles. The molecule has 1 aromatic carbocycles. The Labute approximate surface area is 120 Å². The predicted molar refractivity (Wildman–Crippen MR) is 78.4 cm³/mol. The zero-order chi connectivity index (χ0) is 14.6. The van der Waals surface area contributed by atoms with Crippen LogP contribution in [0.1, 0.15) is 30.0 Å². The van der Waals surface area contributed by atoms with Gasteiger partial charge in [0.15, 0.2) is 0 Å². The lowest BCUT2D eigenvalue weighted by Gasteiger charge is -2.15.